The van der Waals surface area contributed by atoms with Crippen LogP contribution in [0.25, 0.3) is 21.9 Å². The zero-order chi connectivity index (χ0) is 22.4. The van der Waals surface area contributed by atoms with E-state index in [1.807, 2.05) is 31.9 Å². The number of fused-ring (bicyclic) bond motifs is 3. The van der Waals surface area contributed by atoms with Crippen LogP contribution in [0.4, 0.5) is 0 Å². The number of rotatable bonds is 4. The topological polar surface area (TPSA) is 66.9 Å². The molecule has 2 aromatic heterocycles. The number of carbonyl (C=O) groups is 1. The van der Waals surface area contributed by atoms with Crippen molar-refractivity contribution >= 4 is 27.8 Å². The van der Waals surface area contributed by atoms with E-state index in [2.05, 4.69) is 4.90 Å². The number of amides is 1. The van der Waals surface area contributed by atoms with E-state index in [0.29, 0.717) is 28.7 Å². The minimum absolute atomic E-state index is 0.0201. The van der Waals surface area contributed by atoms with E-state index in [-0.39, 0.29) is 12.3 Å². The molecule has 5 rings (SSSR count). The number of carbonyl (C=O) groups excluding carboxylic acids is 1. The van der Waals surface area contributed by atoms with Crippen molar-refractivity contribution in [3.05, 3.63) is 45.5 Å². The number of benzene rings is 1. The van der Waals surface area contributed by atoms with Crippen LogP contribution in [0.3, 0.4) is 0 Å². The monoisotopic (exact) mass is 436 g/mol. The average molecular weight is 437 g/mol. The summed E-state index contributed by atoms with van der Waals surface area (Å²) in [5.74, 6) is 0.498. The largest absolute Gasteiger partial charge is 0.464 e. The van der Waals surface area contributed by atoms with Crippen LogP contribution in [0.5, 0.6) is 0 Å². The summed E-state index contributed by atoms with van der Waals surface area (Å²) in [7, 11) is 1.88. The SMILES string of the molecule is Cc1coc2cc3oc(=O)c(CC(=O)N(C)C[C@@H]4CCCN5CCCC[C@H]45)c(C)c3cc12. The molecule has 1 aromatic carbocycles. The van der Waals surface area contributed by atoms with E-state index < -0.39 is 5.63 Å². The Kier molecular flexibility index (Phi) is 5.58. The Morgan fingerprint density at radius 1 is 1.09 bits per heavy atom. The highest BCUT2D eigenvalue weighted by molar-refractivity contribution is 5.96. The van der Waals surface area contributed by atoms with Gasteiger partial charge in [-0.15, -0.1) is 0 Å². The average Bonchev–Trinajstić information content (AvgIpc) is 3.15. The van der Waals surface area contributed by atoms with Gasteiger partial charge in [0.15, 0.2) is 0 Å². The van der Waals surface area contributed by atoms with Gasteiger partial charge in [-0.25, -0.2) is 4.79 Å². The lowest BCUT2D eigenvalue weighted by molar-refractivity contribution is -0.130. The molecule has 0 aliphatic carbocycles. The molecule has 6 nitrogen and oxygen atoms in total. The van der Waals surface area contributed by atoms with Gasteiger partial charge in [0, 0.05) is 36.5 Å². The Morgan fingerprint density at radius 2 is 1.91 bits per heavy atom. The molecule has 0 unspecified atom stereocenters. The summed E-state index contributed by atoms with van der Waals surface area (Å²) in [5.41, 5.74) is 3.07. The molecule has 2 saturated heterocycles. The zero-order valence-corrected chi connectivity index (χ0v) is 19.3. The van der Waals surface area contributed by atoms with Gasteiger partial charge in [-0.05, 0) is 75.7 Å². The van der Waals surface area contributed by atoms with Gasteiger partial charge in [-0.1, -0.05) is 6.42 Å². The maximum atomic E-state index is 13.1. The van der Waals surface area contributed by atoms with E-state index in [1.165, 1.54) is 45.2 Å². The van der Waals surface area contributed by atoms with Gasteiger partial charge >= 0.3 is 5.63 Å². The fourth-order valence-electron chi connectivity index (χ4n) is 5.77. The highest BCUT2D eigenvalue weighted by Gasteiger charge is 2.34. The number of aryl methyl sites for hydroxylation is 2. The molecule has 170 valence electrons. The molecule has 1 amide bonds. The summed E-state index contributed by atoms with van der Waals surface area (Å²) in [5, 5.41) is 1.86. The molecular formula is C26H32N2O4. The first-order valence-corrected chi connectivity index (χ1v) is 11.8. The summed E-state index contributed by atoms with van der Waals surface area (Å²) in [6, 6.07) is 4.36. The van der Waals surface area contributed by atoms with E-state index in [1.54, 1.807) is 12.3 Å². The lowest BCUT2D eigenvalue weighted by Gasteiger charge is -2.45. The third-order valence-corrected chi connectivity index (χ3v) is 7.67. The highest BCUT2D eigenvalue weighted by atomic mass is 16.4. The molecule has 0 radical (unpaired) electrons. The Morgan fingerprint density at radius 3 is 2.75 bits per heavy atom. The Hall–Kier alpha value is -2.60. The van der Waals surface area contributed by atoms with Crippen molar-refractivity contribution in [2.24, 2.45) is 5.92 Å². The van der Waals surface area contributed by atoms with Crippen molar-refractivity contribution in [1.82, 2.24) is 9.80 Å². The van der Waals surface area contributed by atoms with E-state index in [0.717, 1.165) is 28.4 Å². The van der Waals surface area contributed by atoms with Crippen LogP contribution in [0.2, 0.25) is 0 Å². The quantitative estimate of drug-likeness (QED) is 0.567. The summed E-state index contributed by atoms with van der Waals surface area (Å²) in [6.45, 7) is 7.04. The summed E-state index contributed by atoms with van der Waals surface area (Å²) in [6.07, 6.45) is 7.98. The first kappa shape index (κ1) is 21.3. The van der Waals surface area contributed by atoms with Gasteiger partial charge in [0.1, 0.15) is 11.2 Å². The smallest absolute Gasteiger partial charge is 0.340 e. The molecule has 32 heavy (non-hydrogen) atoms. The Labute approximate surface area is 188 Å². The number of piperidine rings is 2. The molecule has 0 bridgehead atoms. The minimum atomic E-state index is -0.435. The first-order chi connectivity index (χ1) is 15.4. The van der Waals surface area contributed by atoms with Gasteiger partial charge in [0.25, 0.3) is 0 Å². The molecule has 4 heterocycles. The standard InChI is InChI=1S/C26H32N2O4/c1-16-15-31-23-13-24-20(11-19(16)23)17(2)21(26(30)32-24)12-25(29)27(3)14-18-7-6-10-28-9-5-4-8-22(18)28/h11,13,15,18,22H,4-10,12,14H2,1-3H3/t18-,22+/m0/s1. The first-order valence-electron chi connectivity index (χ1n) is 11.8. The van der Waals surface area contributed by atoms with Crippen LogP contribution < -0.4 is 5.63 Å². The van der Waals surface area contributed by atoms with Crippen molar-refractivity contribution in [3.63, 3.8) is 0 Å². The van der Waals surface area contributed by atoms with E-state index in [4.69, 9.17) is 8.83 Å². The van der Waals surface area contributed by atoms with Gasteiger partial charge in [0.05, 0.1) is 18.2 Å². The molecule has 3 aromatic rings. The fourth-order valence-corrected chi connectivity index (χ4v) is 5.77. The third-order valence-electron chi connectivity index (χ3n) is 7.67. The van der Waals surface area contributed by atoms with Gasteiger partial charge in [0.2, 0.25) is 5.91 Å². The van der Waals surface area contributed by atoms with Crippen LogP contribution in [0.15, 0.2) is 32.0 Å². The number of furan rings is 1. The van der Waals surface area contributed by atoms with Crippen LogP contribution in [-0.4, -0.2) is 48.4 Å². The molecule has 0 saturated carbocycles. The summed E-state index contributed by atoms with van der Waals surface area (Å²) < 4.78 is 11.1. The fraction of sp³-hybridized carbons (Fsp3) is 0.538. The zero-order valence-electron chi connectivity index (χ0n) is 19.3. The van der Waals surface area contributed by atoms with Crippen molar-refractivity contribution in [2.45, 2.75) is 58.4 Å². The van der Waals surface area contributed by atoms with Crippen LogP contribution in [0, 0.1) is 19.8 Å². The molecule has 2 fully saturated rings. The van der Waals surface area contributed by atoms with Crippen LogP contribution in [-0.2, 0) is 11.2 Å². The van der Waals surface area contributed by atoms with Gasteiger partial charge in [-0.3, -0.25) is 4.79 Å². The highest BCUT2D eigenvalue weighted by Crippen LogP contribution is 2.32. The molecule has 2 aliphatic heterocycles. The number of likely N-dealkylation sites (N-methyl/N-ethyl adjacent to an activating group) is 1. The molecule has 0 N–H and O–H groups in total. The molecule has 0 spiro atoms. The van der Waals surface area contributed by atoms with Crippen molar-refractivity contribution in [1.29, 1.82) is 0 Å². The maximum absolute atomic E-state index is 13.1. The predicted octanol–water partition coefficient (Wildman–Crippen LogP) is 4.42. The summed E-state index contributed by atoms with van der Waals surface area (Å²) in [4.78, 5) is 30.3. The number of hydrogen-bond donors (Lipinski definition) is 0. The third kappa shape index (κ3) is 3.75. The second kappa shape index (κ2) is 8.39. The van der Waals surface area contributed by atoms with Gasteiger partial charge in [-0.2, -0.15) is 0 Å². The van der Waals surface area contributed by atoms with Gasteiger partial charge < -0.3 is 18.6 Å². The molecule has 6 heteroatoms. The van der Waals surface area contributed by atoms with Crippen molar-refractivity contribution < 1.29 is 13.6 Å². The molecular weight excluding hydrogens is 404 g/mol. The number of nitrogens with zero attached hydrogens (tertiary/aromatic N) is 2. The lowest BCUT2D eigenvalue weighted by atomic mass is 9.83. The van der Waals surface area contributed by atoms with Crippen molar-refractivity contribution in [3.8, 4) is 0 Å². The van der Waals surface area contributed by atoms with E-state index in [9.17, 15) is 9.59 Å². The Balaban J connectivity index is 1.37. The molecule has 2 aliphatic rings. The normalized spacial score (nSPS) is 21.7. The van der Waals surface area contributed by atoms with E-state index >= 15 is 0 Å². The Bertz CT molecular complexity index is 1220. The second-order valence-corrected chi connectivity index (χ2v) is 9.71. The minimum Gasteiger partial charge on any atom is -0.464 e. The molecule has 2 atom stereocenters. The maximum Gasteiger partial charge on any atom is 0.340 e. The van der Waals surface area contributed by atoms with Crippen LogP contribution in [0.1, 0.15) is 48.8 Å². The number of hydrogen-bond acceptors (Lipinski definition) is 5. The predicted molar refractivity (Wildman–Crippen MR) is 125 cm³/mol. The summed E-state index contributed by atoms with van der Waals surface area (Å²) >= 11 is 0. The lowest BCUT2D eigenvalue weighted by Crippen LogP contribution is -2.51. The van der Waals surface area contributed by atoms with Crippen LogP contribution >= 0.6 is 0 Å². The van der Waals surface area contributed by atoms with Crippen molar-refractivity contribution in [2.75, 3.05) is 26.7 Å². The second-order valence-electron chi connectivity index (χ2n) is 9.71.